The molecule has 0 spiro atoms. The van der Waals surface area contributed by atoms with Crippen molar-refractivity contribution in [2.24, 2.45) is 0 Å². The van der Waals surface area contributed by atoms with Crippen molar-refractivity contribution in [2.75, 3.05) is 31.5 Å². The summed E-state index contributed by atoms with van der Waals surface area (Å²) in [6.45, 7) is 5.37. The Hall–Kier alpha value is -2.08. The van der Waals surface area contributed by atoms with Crippen molar-refractivity contribution in [1.82, 2.24) is 10.2 Å². The van der Waals surface area contributed by atoms with Crippen LogP contribution in [0.3, 0.4) is 0 Å². The lowest BCUT2D eigenvalue weighted by Crippen LogP contribution is -2.36. The Morgan fingerprint density at radius 2 is 2.00 bits per heavy atom. The van der Waals surface area contributed by atoms with E-state index in [1.165, 1.54) is 12.8 Å². The minimum atomic E-state index is -1.05. The fourth-order valence-corrected chi connectivity index (χ4v) is 2.44. The third-order valence-electron chi connectivity index (χ3n) is 3.57. The van der Waals surface area contributed by atoms with Gasteiger partial charge in [-0.2, -0.15) is 0 Å². The van der Waals surface area contributed by atoms with Gasteiger partial charge < -0.3 is 20.6 Å². The number of carboxylic acid groups (broad SMARTS) is 1. The number of rotatable bonds is 5. The van der Waals surface area contributed by atoms with Crippen LogP contribution in [-0.4, -0.2) is 48.2 Å². The summed E-state index contributed by atoms with van der Waals surface area (Å²) in [5.74, 6) is -1.05. The van der Waals surface area contributed by atoms with Crippen LogP contribution in [0.5, 0.6) is 0 Å². The molecule has 1 aliphatic rings. The van der Waals surface area contributed by atoms with Crippen LogP contribution >= 0.6 is 0 Å². The molecule has 1 aromatic rings. The first-order chi connectivity index (χ1) is 10.1. The van der Waals surface area contributed by atoms with E-state index in [9.17, 15) is 9.59 Å². The standard InChI is InChI=1S/C15H21N3O3/c1-11-4-5-13(12(10-11)14(19)20)17-15(21)16-6-9-18-7-2-3-8-18/h4-5,10H,2-3,6-9H2,1H3,(H,19,20)(H2,16,17,21). The monoisotopic (exact) mass is 291 g/mol. The third kappa shape index (κ3) is 4.46. The van der Waals surface area contributed by atoms with Crippen LogP contribution in [0.1, 0.15) is 28.8 Å². The predicted octanol–water partition coefficient (Wildman–Crippen LogP) is 1.91. The van der Waals surface area contributed by atoms with E-state index in [0.29, 0.717) is 12.2 Å². The molecular formula is C15H21N3O3. The van der Waals surface area contributed by atoms with Crippen molar-refractivity contribution >= 4 is 17.7 Å². The molecule has 0 radical (unpaired) electrons. The summed E-state index contributed by atoms with van der Waals surface area (Å²) >= 11 is 0. The quantitative estimate of drug-likeness (QED) is 0.774. The number of aromatic carboxylic acids is 1. The molecule has 0 aliphatic carbocycles. The molecule has 1 aliphatic heterocycles. The molecule has 1 heterocycles. The van der Waals surface area contributed by atoms with E-state index in [2.05, 4.69) is 15.5 Å². The van der Waals surface area contributed by atoms with Crippen molar-refractivity contribution in [3.05, 3.63) is 29.3 Å². The zero-order chi connectivity index (χ0) is 15.2. The Labute approximate surface area is 124 Å². The molecule has 6 heteroatoms. The first-order valence-corrected chi connectivity index (χ1v) is 7.17. The SMILES string of the molecule is Cc1ccc(NC(=O)NCCN2CCCC2)c(C(=O)O)c1. The van der Waals surface area contributed by atoms with Crippen LogP contribution in [0.25, 0.3) is 0 Å². The molecule has 1 saturated heterocycles. The van der Waals surface area contributed by atoms with Crippen LogP contribution in [0.4, 0.5) is 10.5 Å². The average Bonchev–Trinajstić information content (AvgIpc) is 2.94. The molecular weight excluding hydrogens is 270 g/mol. The number of carbonyl (C=O) groups is 2. The van der Waals surface area contributed by atoms with Crippen molar-refractivity contribution < 1.29 is 14.7 Å². The van der Waals surface area contributed by atoms with Gasteiger partial charge in [0.1, 0.15) is 0 Å². The number of anilines is 1. The number of carbonyl (C=O) groups excluding carboxylic acids is 1. The van der Waals surface area contributed by atoms with Crippen LogP contribution in [-0.2, 0) is 0 Å². The van der Waals surface area contributed by atoms with Gasteiger partial charge in [0.2, 0.25) is 0 Å². The second kappa shape index (κ2) is 7.08. The highest BCUT2D eigenvalue weighted by molar-refractivity contribution is 6.00. The van der Waals surface area contributed by atoms with Crippen LogP contribution < -0.4 is 10.6 Å². The first kappa shape index (κ1) is 15.3. The molecule has 6 nitrogen and oxygen atoms in total. The third-order valence-corrected chi connectivity index (χ3v) is 3.57. The van der Waals surface area contributed by atoms with Gasteiger partial charge in [-0.15, -0.1) is 0 Å². The number of carboxylic acids is 1. The van der Waals surface area contributed by atoms with Crippen molar-refractivity contribution in [3.8, 4) is 0 Å². The number of urea groups is 1. The van der Waals surface area contributed by atoms with Gasteiger partial charge in [0, 0.05) is 13.1 Å². The van der Waals surface area contributed by atoms with Crippen molar-refractivity contribution in [1.29, 1.82) is 0 Å². The number of amides is 2. The lowest BCUT2D eigenvalue weighted by Gasteiger charge is -2.15. The van der Waals surface area contributed by atoms with Gasteiger partial charge in [0.15, 0.2) is 0 Å². The number of nitrogens with one attached hydrogen (secondary N) is 2. The normalized spacial score (nSPS) is 14.9. The van der Waals surface area contributed by atoms with Gasteiger partial charge in [-0.05, 0) is 45.0 Å². The lowest BCUT2D eigenvalue weighted by atomic mass is 10.1. The van der Waals surface area contributed by atoms with E-state index in [4.69, 9.17) is 5.11 Å². The van der Waals surface area contributed by atoms with E-state index >= 15 is 0 Å². The molecule has 1 aromatic carbocycles. The molecule has 2 amide bonds. The van der Waals surface area contributed by atoms with E-state index in [1.54, 1.807) is 18.2 Å². The van der Waals surface area contributed by atoms with E-state index in [-0.39, 0.29) is 11.6 Å². The molecule has 0 unspecified atom stereocenters. The van der Waals surface area contributed by atoms with Crippen molar-refractivity contribution in [3.63, 3.8) is 0 Å². The molecule has 114 valence electrons. The summed E-state index contributed by atoms with van der Waals surface area (Å²) in [5.41, 5.74) is 1.25. The first-order valence-electron chi connectivity index (χ1n) is 7.17. The summed E-state index contributed by atoms with van der Waals surface area (Å²) in [6.07, 6.45) is 2.44. The minimum absolute atomic E-state index is 0.102. The molecule has 0 saturated carbocycles. The number of likely N-dealkylation sites (tertiary alicyclic amines) is 1. The zero-order valence-electron chi connectivity index (χ0n) is 12.2. The fourth-order valence-electron chi connectivity index (χ4n) is 2.44. The minimum Gasteiger partial charge on any atom is -0.478 e. The molecule has 1 fully saturated rings. The maximum atomic E-state index is 11.8. The summed E-state index contributed by atoms with van der Waals surface area (Å²) in [6, 6.07) is 4.55. The molecule has 21 heavy (non-hydrogen) atoms. The second-order valence-corrected chi connectivity index (χ2v) is 5.28. The number of benzene rings is 1. The van der Waals surface area contributed by atoms with Crippen molar-refractivity contribution in [2.45, 2.75) is 19.8 Å². The summed E-state index contributed by atoms with van der Waals surface area (Å²) in [7, 11) is 0. The van der Waals surface area contributed by atoms with Crippen LogP contribution in [0, 0.1) is 6.92 Å². The smallest absolute Gasteiger partial charge is 0.337 e. The Kier molecular flexibility index (Phi) is 5.16. The topological polar surface area (TPSA) is 81.7 Å². The molecule has 2 rings (SSSR count). The van der Waals surface area contributed by atoms with Gasteiger partial charge in [-0.25, -0.2) is 9.59 Å². The Morgan fingerprint density at radius 1 is 1.29 bits per heavy atom. The van der Waals surface area contributed by atoms with E-state index in [1.807, 2.05) is 6.92 Å². The zero-order valence-corrected chi connectivity index (χ0v) is 12.2. The summed E-state index contributed by atoms with van der Waals surface area (Å²) in [4.78, 5) is 25.3. The maximum Gasteiger partial charge on any atom is 0.337 e. The number of hydrogen-bond donors (Lipinski definition) is 3. The van der Waals surface area contributed by atoms with Crippen LogP contribution in [0.2, 0.25) is 0 Å². The molecule has 0 bridgehead atoms. The van der Waals surface area contributed by atoms with Gasteiger partial charge in [0.25, 0.3) is 0 Å². The second-order valence-electron chi connectivity index (χ2n) is 5.28. The fraction of sp³-hybridized carbons (Fsp3) is 0.467. The Balaban J connectivity index is 1.85. The van der Waals surface area contributed by atoms with Gasteiger partial charge in [-0.1, -0.05) is 11.6 Å². The Morgan fingerprint density at radius 3 is 2.67 bits per heavy atom. The van der Waals surface area contributed by atoms with E-state index < -0.39 is 5.97 Å². The van der Waals surface area contributed by atoms with E-state index in [0.717, 1.165) is 25.2 Å². The predicted molar refractivity (Wildman–Crippen MR) is 80.8 cm³/mol. The summed E-state index contributed by atoms with van der Waals surface area (Å²) < 4.78 is 0. The highest BCUT2D eigenvalue weighted by Crippen LogP contribution is 2.17. The molecule has 3 N–H and O–H groups in total. The highest BCUT2D eigenvalue weighted by atomic mass is 16.4. The van der Waals surface area contributed by atoms with Gasteiger partial charge in [-0.3, -0.25) is 0 Å². The average molecular weight is 291 g/mol. The number of nitrogens with zero attached hydrogens (tertiary/aromatic N) is 1. The maximum absolute atomic E-state index is 11.8. The Bertz CT molecular complexity index is 525. The number of hydrogen-bond acceptors (Lipinski definition) is 3. The number of aryl methyl sites for hydroxylation is 1. The summed E-state index contributed by atoms with van der Waals surface area (Å²) in [5, 5.41) is 14.5. The molecule has 0 aromatic heterocycles. The lowest BCUT2D eigenvalue weighted by molar-refractivity contribution is 0.0698. The van der Waals surface area contributed by atoms with Gasteiger partial charge >= 0.3 is 12.0 Å². The van der Waals surface area contributed by atoms with Crippen LogP contribution in [0.15, 0.2) is 18.2 Å². The highest BCUT2D eigenvalue weighted by Gasteiger charge is 2.14. The molecule has 0 atom stereocenters. The largest absolute Gasteiger partial charge is 0.478 e. The van der Waals surface area contributed by atoms with Gasteiger partial charge in [0.05, 0.1) is 11.3 Å².